The lowest BCUT2D eigenvalue weighted by molar-refractivity contribution is -0.194. The van der Waals surface area contributed by atoms with Gasteiger partial charge >= 0.3 is 5.97 Å². The van der Waals surface area contributed by atoms with Crippen molar-refractivity contribution < 1.29 is 24.2 Å². The zero-order chi connectivity index (χ0) is 20.7. The van der Waals surface area contributed by atoms with E-state index in [1.54, 1.807) is 32.6 Å². The highest BCUT2D eigenvalue weighted by atomic mass is 16.6. The minimum Gasteiger partial charge on any atom is -0.459 e. The fraction of sp³-hybridized carbons (Fsp3) is 0.636. The van der Waals surface area contributed by atoms with Crippen LogP contribution >= 0.6 is 0 Å². The van der Waals surface area contributed by atoms with Gasteiger partial charge in [0.05, 0.1) is 12.6 Å². The van der Waals surface area contributed by atoms with Gasteiger partial charge < -0.3 is 19.5 Å². The molecule has 1 aromatic rings. The van der Waals surface area contributed by atoms with E-state index in [1.165, 1.54) is 0 Å². The van der Waals surface area contributed by atoms with Crippen LogP contribution in [0, 0.1) is 5.41 Å². The van der Waals surface area contributed by atoms with Gasteiger partial charge in [-0.2, -0.15) is 0 Å². The summed E-state index contributed by atoms with van der Waals surface area (Å²) in [6, 6.07) is 9.07. The summed E-state index contributed by atoms with van der Waals surface area (Å²) in [4.78, 5) is 28.1. The van der Waals surface area contributed by atoms with Crippen LogP contribution < -0.4 is 0 Å². The molecule has 28 heavy (non-hydrogen) atoms. The number of hydrogen-bond acceptors (Lipinski definition) is 5. The van der Waals surface area contributed by atoms with Gasteiger partial charge in [0.2, 0.25) is 5.91 Å². The largest absolute Gasteiger partial charge is 0.459 e. The van der Waals surface area contributed by atoms with E-state index in [1.807, 2.05) is 37.3 Å². The van der Waals surface area contributed by atoms with E-state index in [9.17, 15) is 14.7 Å². The number of fused-ring (bicyclic) bond motifs is 1. The molecule has 0 bridgehead atoms. The summed E-state index contributed by atoms with van der Waals surface area (Å²) in [5.74, 6) is -0.845. The molecule has 0 saturated carbocycles. The number of piperidine rings is 1. The van der Waals surface area contributed by atoms with Crippen molar-refractivity contribution in [1.82, 2.24) is 4.90 Å². The van der Waals surface area contributed by atoms with Crippen LogP contribution in [0.4, 0.5) is 0 Å². The number of carbonyl (C=O) groups excluding carboxylic acids is 2. The van der Waals surface area contributed by atoms with Crippen molar-refractivity contribution in [3.63, 3.8) is 0 Å². The summed E-state index contributed by atoms with van der Waals surface area (Å²) in [6.45, 7) is 8.75. The molecule has 2 heterocycles. The van der Waals surface area contributed by atoms with Crippen molar-refractivity contribution in [2.24, 2.45) is 5.41 Å². The molecule has 2 aliphatic rings. The average molecular weight is 389 g/mol. The molecule has 1 amide bonds. The molecule has 6 nitrogen and oxygen atoms in total. The smallest absolute Gasteiger partial charge is 0.321 e. The molecule has 1 N–H and O–H groups in total. The number of benzene rings is 1. The average Bonchev–Trinajstić information content (AvgIpc) is 3.00. The molecule has 2 fully saturated rings. The number of hydrogen-bond donors (Lipinski definition) is 1. The summed E-state index contributed by atoms with van der Waals surface area (Å²) < 4.78 is 12.0. The summed E-state index contributed by atoms with van der Waals surface area (Å²) in [5.41, 5.74) is -1.86. The van der Waals surface area contributed by atoms with Gasteiger partial charge in [-0.25, -0.2) is 0 Å². The van der Waals surface area contributed by atoms with Gasteiger partial charge in [0.1, 0.15) is 22.8 Å². The maximum absolute atomic E-state index is 13.6. The van der Waals surface area contributed by atoms with E-state index in [-0.39, 0.29) is 12.5 Å². The van der Waals surface area contributed by atoms with E-state index in [2.05, 4.69) is 0 Å². The first-order valence-corrected chi connectivity index (χ1v) is 9.99. The lowest BCUT2D eigenvalue weighted by Gasteiger charge is -2.48. The summed E-state index contributed by atoms with van der Waals surface area (Å²) in [7, 11) is 0. The Kier molecular flexibility index (Phi) is 5.32. The highest BCUT2D eigenvalue weighted by Gasteiger charge is 2.63. The Balaban J connectivity index is 1.98. The maximum Gasteiger partial charge on any atom is 0.321 e. The molecule has 1 aromatic carbocycles. The molecule has 0 aliphatic carbocycles. The van der Waals surface area contributed by atoms with E-state index in [0.717, 1.165) is 5.56 Å². The highest BCUT2D eigenvalue weighted by molar-refractivity contribution is 6.03. The predicted octanol–water partition coefficient (Wildman–Crippen LogP) is 3.20. The Morgan fingerprint density at radius 2 is 1.93 bits per heavy atom. The van der Waals surface area contributed by atoms with Gasteiger partial charge in [-0.1, -0.05) is 37.3 Å². The topological polar surface area (TPSA) is 76.1 Å². The third kappa shape index (κ3) is 3.33. The fourth-order valence-electron chi connectivity index (χ4n) is 4.26. The predicted molar refractivity (Wildman–Crippen MR) is 104 cm³/mol. The fourth-order valence-corrected chi connectivity index (χ4v) is 4.26. The van der Waals surface area contributed by atoms with Crippen LogP contribution in [-0.4, -0.2) is 45.9 Å². The van der Waals surface area contributed by atoms with Crippen molar-refractivity contribution in [2.45, 2.75) is 77.4 Å². The maximum atomic E-state index is 13.6. The van der Waals surface area contributed by atoms with E-state index >= 15 is 0 Å². The third-order valence-corrected chi connectivity index (χ3v) is 5.89. The van der Waals surface area contributed by atoms with E-state index in [4.69, 9.17) is 9.47 Å². The molecule has 2 aliphatic heterocycles. The first kappa shape index (κ1) is 20.8. The minimum atomic E-state index is -1.28. The quantitative estimate of drug-likeness (QED) is 0.632. The number of aliphatic hydroxyl groups is 1. The first-order valence-electron chi connectivity index (χ1n) is 9.99. The second-order valence-corrected chi connectivity index (χ2v) is 9.01. The Labute approximate surface area is 166 Å². The van der Waals surface area contributed by atoms with Crippen LogP contribution in [0.15, 0.2) is 30.3 Å². The lowest BCUT2D eigenvalue weighted by Crippen LogP contribution is -2.63. The number of esters is 1. The molecular weight excluding hydrogens is 358 g/mol. The van der Waals surface area contributed by atoms with E-state index < -0.39 is 34.9 Å². The van der Waals surface area contributed by atoms with Gasteiger partial charge in [-0.3, -0.25) is 9.59 Å². The van der Waals surface area contributed by atoms with Crippen molar-refractivity contribution in [2.75, 3.05) is 6.61 Å². The van der Waals surface area contributed by atoms with E-state index in [0.29, 0.717) is 19.3 Å². The summed E-state index contributed by atoms with van der Waals surface area (Å²) in [6.07, 6.45) is 1.02. The first-order chi connectivity index (χ1) is 13.1. The van der Waals surface area contributed by atoms with Crippen LogP contribution in [0.3, 0.4) is 0 Å². The van der Waals surface area contributed by atoms with Gasteiger partial charge in [0, 0.05) is 0 Å². The van der Waals surface area contributed by atoms with Crippen molar-refractivity contribution in [3.05, 3.63) is 35.9 Å². The molecular formula is C22H31NO5. The van der Waals surface area contributed by atoms with Crippen LogP contribution in [0.5, 0.6) is 0 Å². The molecule has 0 aromatic heterocycles. The Hall–Kier alpha value is -1.92. The molecule has 0 radical (unpaired) electrons. The molecule has 3 rings (SSSR count). The molecule has 2 saturated heterocycles. The van der Waals surface area contributed by atoms with Crippen molar-refractivity contribution in [1.29, 1.82) is 0 Å². The number of amides is 1. The SMILES string of the molecule is CC[C@@]12CC[C@@](C)(C(=O)OC(C)(C)C)C(=O)N1[C@@H](CO)[C@H](c1ccccc1)O2. The highest BCUT2D eigenvalue weighted by Crippen LogP contribution is 2.52. The normalized spacial score (nSPS) is 32.9. The van der Waals surface area contributed by atoms with Gasteiger partial charge in [0.15, 0.2) is 0 Å². The third-order valence-electron chi connectivity index (χ3n) is 5.89. The van der Waals surface area contributed by atoms with Gasteiger partial charge in [-0.05, 0) is 52.5 Å². The second kappa shape index (κ2) is 7.16. The lowest BCUT2D eigenvalue weighted by atomic mass is 9.76. The van der Waals surface area contributed by atoms with Crippen molar-refractivity contribution >= 4 is 11.9 Å². The molecule has 0 spiro atoms. The molecule has 6 heteroatoms. The Morgan fingerprint density at radius 3 is 2.46 bits per heavy atom. The number of rotatable bonds is 4. The zero-order valence-corrected chi connectivity index (χ0v) is 17.4. The standard InChI is InChI=1S/C22H31NO5/c1-6-22-13-12-21(5,19(26)28-20(2,3)4)18(25)23(22)16(14-24)17(27-22)15-10-8-7-9-11-15/h7-11,16-17,24H,6,12-14H2,1-5H3/t16-,17-,21+,22+/m0/s1. The second-order valence-electron chi connectivity index (χ2n) is 9.01. The van der Waals surface area contributed by atoms with Gasteiger partial charge in [0.25, 0.3) is 0 Å². The molecule has 154 valence electrons. The number of carbonyl (C=O) groups is 2. The van der Waals surface area contributed by atoms with Crippen molar-refractivity contribution in [3.8, 4) is 0 Å². The Morgan fingerprint density at radius 1 is 1.29 bits per heavy atom. The van der Waals surface area contributed by atoms with Crippen LogP contribution in [-0.2, 0) is 19.1 Å². The number of nitrogens with zero attached hydrogens (tertiary/aromatic N) is 1. The van der Waals surface area contributed by atoms with Gasteiger partial charge in [-0.15, -0.1) is 0 Å². The summed E-state index contributed by atoms with van der Waals surface area (Å²) in [5, 5.41) is 10.2. The van der Waals surface area contributed by atoms with Crippen LogP contribution in [0.25, 0.3) is 0 Å². The summed E-state index contributed by atoms with van der Waals surface area (Å²) >= 11 is 0. The van der Waals surface area contributed by atoms with Crippen LogP contribution in [0.1, 0.15) is 65.5 Å². The Bertz CT molecular complexity index is 743. The molecule has 4 atom stereocenters. The monoisotopic (exact) mass is 389 g/mol. The molecule has 0 unspecified atom stereocenters. The minimum absolute atomic E-state index is 0.239. The zero-order valence-electron chi connectivity index (χ0n) is 17.4. The number of aliphatic hydroxyl groups excluding tert-OH is 1. The number of ether oxygens (including phenoxy) is 2. The van der Waals surface area contributed by atoms with Crippen LogP contribution in [0.2, 0.25) is 0 Å².